The van der Waals surface area contributed by atoms with Gasteiger partial charge < -0.3 is 9.47 Å². The number of para-hydroxylation sites is 1. The first-order valence-corrected chi connectivity index (χ1v) is 8.95. The number of benzene rings is 1. The molecular formula is C20H30O4. The van der Waals surface area contributed by atoms with Gasteiger partial charge in [-0.3, -0.25) is 9.59 Å². The van der Waals surface area contributed by atoms with Crippen molar-refractivity contribution in [2.45, 2.75) is 72.3 Å². The Hall–Kier alpha value is -1.84. The number of esters is 2. The third-order valence-corrected chi connectivity index (χ3v) is 3.91. The van der Waals surface area contributed by atoms with Gasteiger partial charge in [-0.2, -0.15) is 0 Å². The van der Waals surface area contributed by atoms with Crippen molar-refractivity contribution in [3.8, 4) is 5.75 Å². The number of rotatable bonds is 10. The zero-order chi connectivity index (χ0) is 17.9. The number of carbonyl (C=O) groups is 2. The molecular weight excluding hydrogens is 304 g/mol. The molecule has 0 radical (unpaired) electrons. The van der Waals surface area contributed by atoms with Crippen LogP contribution in [0.25, 0.3) is 0 Å². The number of hydrogen-bond donors (Lipinski definition) is 0. The second-order valence-corrected chi connectivity index (χ2v) is 6.37. The quantitative estimate of drug-likeness (QED) is 0.460. The minimum Gasteiger partial charge on any atom is -0.462 e. The van der Waals surface area contributed by atoms with Gasteiger partial charge in [0, 0.05) is 12.8 Å². The van der Waals surface area contributed by atoms with E-state index in [1.165, 1.54) is 0 Å². The van der Waals surface area contributed by atoms with Gasteiger partial charge in [0.05, 0.1) is 0 Å². The van der Waals surface area contributed by atoms with Crippen LogP contribution in [0, 0.1) is 5.92 Å². The molecule has 0 amide bonds. The molecule has 0 spiro atoms. The van der Waals surface area contributed by atoms with Crippen LogP contribution in [0.3, 0.4) is 0 Å². The van der Waals surface area contributed by atoms with E-state index in [1.807, 2.05) is 45.0 Å². The lowest BCUT2D eigenvalue weighted by atomic mass is 10.1. The van der Waals surface area contributed by atoms with E-state index < -0.39 is 0 Å². The first kappa shape index (κ1) is 20.2. The van der Waals surface area contributed by atoms with Crippen LogP contribution in [0.4, 0.5) is 0 Å². The second-order valence-electron chi connectivity index (χ2n) is 6.37. The monoisotopic (exact) mass is 334 g/mol. The van der Waals surface area contributed by atoms with Crippen molar-refractivity contribution in [2.24, 2.45) is 5.92 Å². The maximum absolute atomic E-state index is 12.0. The molecule has 0 aliphatic heterocycles. The van der Waals surface area contributed by atoms with Gasteiger partial charge in [-0.25, -0.2) is 0 Å². The summed E-state index contributed by atoms with van der Waals surface area (Å²) in [6, 6.07) is 7.58. The van der Waals surface area contributed by atoms with Gasteiger partial charge in [0.15, 0.2) is 0 Å². The highest BCUT2D eigenvalue weighted by Gasteiger charge is 2.16. The molecule has 1 aromatic carbocycles. The summed E-state index contributed by atoms with van der Waals surface area (Å²) in [6.07, 6.45) is 3.54. The van der Waals surface area contributed by atoms with Gasteiger partial charge in [-0.15, -0.1) is 0 Å². The topological polar surface area (TPSA) is 52.6 Å². The van der Waals surface area contributed by atoms with Gasteiger partial charge in [-0.1, -0.05) is 52.3 Å². The predicted octanol–water partition coefficient (Wildman–Crippen LogP) is 4.69. The normalized spacial score (nSPS) is 12.0. The summed E-state index contributed by atoms with van der Waals surface area (Å²) in [6.45, 7) is 8.16. The van der Waals surface area contributed by atoms with E-state index in [1.54, 1.807) is 0 Å². The summed E-state index contributed by atoms with van der Waals surface area (Å²) in [4.78, 5) is 23.8. The molecule has 1 atom stereocenters. The maximum Gasteiger partial charge on any atom is 0.311 e. The average Bonchev–Trinajstić information content (AvgIpc) is 2.54. The number of ether oxygens (including phenoxy) is 2. The van der Waals surface area contributed by atoms with Gasteiger partial charge in [0.2, 0.25) is 0 Å². The standard InChI is InChI=1S/C20H30O4/c1-5-10-16-11-7-8-12-18(16)24-20(22)14-9-13-19(21)23-17(6-2)15(3)4/h7-8,11-12,15,17H,5-6,9-10,13-14H2,1-4H3. The summed E-state index contributed by atoms with van der Waals surface area (Å²) >= 11 is 0. The molecule has 0 aromatic heterocycles. The van der Waals surface area contributed by atoms with Crippen LogP contribution < -0.4 is 4.74 Å². The fourth-order valence-electron chi connectivity index (χ4n) is 2.55. The van der Waals surface area contributed by atoms with Crippen molar-refractivity contribution in [3.63, 3.8) is 0 Å². The molecule has 0 heterocycles. The fourth-order valence-corrected chi connectivity index (χ4v) is 2.55. The summed E-state index contributed by atoms with van der Waals surface area (Å²) < 4.78 is 10.9. The Balaban J connectivity index is 2.38. The summed E-state index contributed by atoms with van der Waals surface area (Å²) in [5.74, 6) is 0.383. The predicted molar refractivity (Wildman–Crippen MR) is 94.9 cm³/mol. The Labute approximate surface area is 145 Å². The molecule has 4 nitrogen and oxygen atoms in total. The van der Waals surface area contributed by atoms with Gasteiger partial charge >= 0.3 is 11.9 Å². The van der Waals surface area contributed by atoms with Crippen molar-refractivity contribution in [1.82, 2.24) is 0 Å². The molecule has 0 bridgehead atoms. The lowest BCUT2D eigenvalue weighted by molar-refractivity contribution is -0.151. The molecule has 24 heavy (non-hydrogen) atoms. The third kappa shape index (κ3) is 7.16. The molecule has 0 aliphatic rings. The average molecular weight is 334 g/mol. The van der Waals surface area contributed by atoms with Gasteiger partial charge in [0.1, 0.15) is 11.9 Å². The zero-order valence-corrected chi connectivity index (χ0v) is 15.3. The minimum atomic E-state index is -0.303. The van der Waals surface area contributed by atoms with Crippen molar-refractivity contribution in [3.05, 3.63) is 29.8 Å². The molecule has 0 saturated heterocycles. The molecule has 0 fully saturated rings. The van der Waals surface area contributed by atoms with E-state index in [0.717, 1.165) is 24.8 Å². The minimum absolute atomic E-state index is 0.0506. The summed E-state index contributed by atoms with van der Waals surface area (Å²) in [5.41, 5.74) is 1.04. The number of hydrogen-bond acceptors (Lipinski definition) is 4. The lowest BCUT2D eigenvalue weighted by Gasteiger charge is -2.19. The first-order valence-electron chi connectivity index (χ1n) is 8.95. The van der Waals surface area contributed by atoms with Crippen molar-refractivity contribution >= 4 is 11.9 Å². The number of aryl methyl sites for hydroxylation is 1. The smallest absolute Gasteiger partial charge is 0.311 e. The third-order valence-electron chi connectivity index (χ3n) is 3.91. The SMILES string of the molecule is CCCc1ccccc1OC(=O)CCCC(=O)OC(CC)C(C)C. The largest absolute Gasteiger partial charge is 0.462 e. The van der Waals surface area contributed by atoms with Crippen LogP contribution in [-0.2, 0) is 20.7 Å². The summed E-state index contributed by atoms with van der Waals surface area (Å²) in [7, 11) is 0. The molecule has 0 aliphatic carbocycles. The van der Waals surface area contributed by atoms with Crippen molar-refractivity contribution in [2.75, 3.05) is 0 Å². The van der Waals surface area contributed by atoms with Crippen LogP contribution in [0.1, 0.15) is 65.4 Å². The van der Waals surface area contributed by atoms with Crippen LogP contribution in [0.5, 0.6) is 5.75 Å². The van der Waals surface area contributed by atoms with E-state index in [-0.39, 0.29) is 30.9 Å². The van der Waals surface area contributed by atoms with E-state index in [2.05, 4.69) is 6.92 Å². The number of carbonyl (C=O) groups excluding carboxylic acids is 2. The molecule has 1 unspecified atom stereocenters. The Morgan fingerprint density at radius 2 is 1.71 bits per heavy atom. The van der Waals surface area contributed by atoms with Crippen LogP contribution in [0.2, 0.25) is 0 Å². The van der Waals surface area contributed by atoms with Crippen molar-refractivity contribution < 1.29 is 19.1 Å². The lowest BCUT2D eigenvalue weighted by Crippen LogP contribution is -2.22. The highest BCUT2D eigenvalue weighted by atomic mass is 16.5. The van der Waals surface area contributed by atoms with E-state index in [4.69, 9.17) is 9.47 Å². The Morgan fingerprint density at radius 1 is 1.04 bits per heavy atom. The zero-order valence-electron chi connectivity index (χ0n) is 15.3. The fraction of sp³-hybridized carbons (Fsp3) is 0.600. The maximum atomic E-state index is 12.0. The highest BCUT2D eigenvalue weighted by Crippen LogP contribution is 2.20. The second kappa shape index (κ2) is 10.8. The van der Waals surface area contributed by atoms with Crippen LogP contribution in [0.15, 0.2) is 24.3 Å². The Bertz CT molecular complexity index is 522. The summed E-state index contributed by atoms with van der Waals surface area (Å²) in [5, 5.41) is 0. The van der Waals surface area contributed by atoms with Crippen molar-refractivity contribution in [1.29, 1.82) is 0 Å². The Kier molecular flexibility index (Phi) is 9.13. The Morgan fingerprint density at radius 3 is 2.33 bits per heavy atom. The van der Waals surface area contributed by atoms with Gasteiger partial charge in [-0.05, 0) is 36.8 Å². The van der Waals surface area contributed by atoms with Crippen LogP contribution in [-0.4, -0.2) is 18.0 Å². The van der Waals surface area contributed by atoms with Crippen LogP contribution >= 0.6 is 0 Å². The molecule has 0 saturated carbocycles. The van der Waals surface area contributed by atoms with E-state index >= 15 is 0 Å². The first-order chi connectivity index (χ1) is 11.5. The molecule has 134 valence electrons. The molecule has 4 heteroatoms. The van der Waals surface area contributed by atoms with E-state index in [0.29, 0.717) is 18.1 Å². The molecule has 0 N–H and O–H groups in total. The molecule has 1 aromatic rings. The molecule has 1 rings (SSSR count). The van der Waals surface area contributed by atoms with Gasteiger partial charge in [0.25, 0.3) is 0 Å². The van der Waals surface area contributed by atoms with E-state index in [9.17, 15) is 9.59 Å². The highest BCUT2D eigenvalue weighted by molar-refractivity contribution is 5.74.